The summed E-state index contributed by atoms with van der Waals surface area (Å²) in [4.78, 5) is 12.8. The molecule has 6 nitrogen and oxygen atoms in total. The van der Waals surface area contributed by atoms with E-state index in [2.05, 4.69) is 68.4 Å². The van der Waals surface area contributed by atoms with Crippen molar-refractivity contribution in [1.29, 1.82) is 0 Å². The van der Waals surface area contributed by atoms with E-state index in [0.29, 0.717) is 35.1 Å². The first kappa shape index (κ1) is 26.7. The van der Waals surface area contributed by atoms with E-state index >= 15 is 0 Å². The van der Waals surface area contributed by atoms with Gasteiger partial charge in [0.25, 0.3) is 0 Å². The summed E-state index contributed by atoms with van der Waals surface area (Å²) in [6.45, 7) is 14.5. The zero-order valence-corrected chi connectivity index (χ0v) is 24.7. The molecule has 2 fully saturated rings. The first-order valence-corrected chi connectivity index (χ1v) is 15.5. The van der Waals surface area contributed by atoms with Gasteiger partial charge in [-0.3, -0.25) is 0 Å². The summed E-state index contributed by atoms with van der Waals surface area (Å²) in [6, 6.07) is 2.00. The molecule has 0 amide bonds. The quantitative estimate of drug-likeness (QED) is 0.350. The Morgan fingerprint density at radius 3 is 2.74 bits per heavy atom. The number of nitrogens with zero attached hydrogens (tertiary/aromatic N) is 4. The summed E-state index contributed by atoms with van der Waals surface area (Å²) in [5.74, 6) is 4.13. The fourth-order valence-electron chi connectivity index (χ4n) is 9.46. The number of allylic oxidation sites excluding steroid dienone is 3. The Hall–Kier alpha value is -2.50. The molecule has 0 unspecified atom stereocenters. The standard InChI is InChI=1S/C33H46N4O2/c1-7-39-31(38)25-17-22-19-33(6)23(18-29(22)37-30(25)34-35-36-37)11-12-24-27-14-13-26(21(4)10-8-9-20(2)3)32(27,5)16-15-28(24)33/h11-12,17-18,20-21,24,26-28H,7-10,13-16,19H2,1-6H3/t21-,24+,26-,27+,28+,32-,33+/m1/s1. The molecular weight excluding hydrogens is 484 g/mol. The average molecular weight is 531 g/mol. The van der Waals surface area contributed by atoms with E-state index < -0.39 is 0 Å². The Labute approximate surface area is 233 Å². The predicted octanol–water partition coefficient (Wildman–Crippen LogP) is 7.34. The summed E-state index contributed by atoms with van der Waals surface area (Å²) < 4.78 is 7.09. The first-order valence-electron chi connectivity index (χ1n) is 15.5. The van der Waals surface area contributed by atoms with Gasteiger partial charge in [-0.05, 0) is 114 Å². The molecule has 0 N–H and O–H groups in total. The second-order valence-electron chi connectivity index (χ2n) is 14.0. The molecule has 2 heterocycles. The van der Waals surface area contributed by atoms with Gasteiger partial charge in [0.15, 0.2) is 5.65 Å². The number of esters is 1. The average Bonchev–Trinajstić information content (AvgIpc) is 3.51. The minimum Gasteiger partial charge on any atom is -0.462 e. The van der Waals surface area contributed by atoms with Crippen molar-refractivity contribution in [1.82, 2.24) is 20.0 Å². The third-order valence-electron chi connectivity index (χ3n) is 11.4. The molecule has 6 heteroatoms. The van der Waals surface area contributed by atoms with Crippen LogP contribution in [-0.4, -0.2) is 32.6 Å². The zero-order valence-electron chi connectivity index (χ0n) is 24.7. The fourth-order valence-corrected chi connectivity index (χ4v) is 9.46. The van der Waals surface area contributed by atoms with Crippen LogP contribution in [0.1, 0.15) is 108 Å². The van der Waals surface area contributed by atoms with Crippen molar-refractivity contribution >= 4 is 17.7 Å². The van der Waals surface area contributed by atoms with Gasteiger partial charge < -0.3 is 4.74 Å². The molecule has 7 atom stereocenters. The second-order valence-corrected chi connectivity index (χ2v) is 14.0. The van der Waals surface area contributed by atoms with Gasteiger partial charge in [-0.2, -0.15) is 4.52 Å². The lowest BCUT2D eigenvalue weighted by Crippen LogP contribution is -2.49. The summed E-state index contributed by atoms with van der Waals surface area (Å²) in [6.07, 6.45) is 17.7. The molecule has 0 aliphatic heterocycles. The van der Waals surface area contributed by atoms with Crippen molar-refractivity contribution in [2.24, 2.45) is 46.3 Å². The number of hydrogen-bond donors (Lipinski definition) is 0. The van der Waals surface area contributed by atoms with E-state index in [0.717, 1.165) is 41.3 Å². The number of hydrogen-bond acceptors (Lipinski definition) is 5. The monoisotopic (exact) mass is 530 g/mol. The van der Waals surface area contributed by atoms with E-state index in [1.165, 1.54) is 50.5 Å². The predicted molar refractivity (Wildman–Crippen MR) is 154 cm³/mol. The van der Waals surface area contributed by atoms with Crippen molar-refractivity contribution in [2.75, 3.05) is 6.61 Å². The Morgan fingerprint density at radius 1 is 1.15 bits per heavy atom. The van der Waals surface area contributed by atoms with E-state index in [-0.39, 0.29) is 11.4 Å². The molecule has 4 aliphatic rings. The highest BCUT2D eigenvalue weighted by Gasteiger charge is 2.58. The third kappa shape index (κ3) is 4.19. The number of rotatable bonds is 7. The molecule has 0 radical (unpaired) electrons. The van der Waals surface area contributed by atoms with Gasteiger partial charge in [0, 0.05) is 5.41 Å². The van der Waals surface area contributed by atoms with Crippen LogP contribution in [-0.2, 0) is 11.2 Å². The summed E-state index contributed by atoms with van der Waals surface area (Å²) in [7, 11) is 0. The largest absolute Gasteiger partial charge is 0.462 e. The van der Waals surface area contributed by atoms with E-state index in [1.807, 2.05) is 13.0 Å². The number of fused-ring (bicyclic) bond motifs is 8. The van der Waals surface area contributed by atoms with Crippen molar-refractivity contribution in [3.8, 4) is 0 Å². The number of tetrazole rings is 1. The molecule has 4 aliphatic carbocycles. The molecule has 2 aromatic heterocycles. The van der Waals surface area contributed by atoms with E-state index in [9.17, 15) is 4.79 Å². The van der Waals surface area contributed by atoms with Crippen LogP contribution in [0.15, 0.2) is 23.8 Å². The highest BCUT2D eigenvalue weighted by Crippen LogP contribution is 2.66. The molecule has 39 heavy (non-hydrogen) atoms. The molecule has 0 aromatic carbocycles. The van der Waals surface area contributed by atoms with Crippen LogP contribution in [0.3, 0.4) is 0 Å². The lowest BCUT2D eigenvalue weighted by Gasteiger charge is -2.56. The SMILES string of the molecule is CCOC(=O)c1cc2c(n3nnnc13)C=C1C=C[C@H]3[C@@H]4CC[C@H]([C@H](C)CCCC(C)C)[C@@]4(C)CC[C@@H]3[C@@]1(C)C2. The maximum absolute atomic E-state index is 12.8. The number of carbonyl (C=O) groups is 1. The lowest BCUT2D eigenvalue weighted by atomic mass is 9.48. The maximum atomic E-state index is 12.8. The molecule has 0 spiro atoms. The first-order chi connectivity index (χ1) is 18.7. The van der Waals surface area contributed by atoms with Crippen LogP contribution < -0.4 is 0 Å². The highest BCUT2D eigenvalue weighted by molar-refractivity contribution is 5.96. The molecule has 2 aromatic rings. The van der Waals surface area contributed by atoms with E-state index in [4.69, 9.17) is 4.74 Å². The van der Waals surface area contributed by atoms with Crippen LogP contribution in [0.4, 0.5) is 0 Å². The maximum Gasteiger partial charge on any atom is 0.342 e. The number of ether oxygens (including phenoxy) is 1. The Balaban J connectivity index is 1.30. The van der Waals surface area contributed by atoms with Gasteiger partial charge in [0.1, 0.15) is 5.56 Å². The highest BCUT2D eigenvalue weighted by atomic mass is 16.5. The second kappa shape index (κ2) is 9.85. The summed E-state index contributed by atoms with van der Waals surface area (Å²) in [5, 5.41) is 12.3. The summed E-state index contributed by atoms with van der Waals surface area (Å²) in [5.41, 5.74) is 4.95. The van der Waals surface area contributed by atoms with Crippen molar-refractivity contribution in [3.63, 3.8) is 0 Å². The van der Waals surface area contributed by atoms with Crippen LogP contribution in [0, 0.1) is 46.3 Å². The molecule has 0 saturated heterocycles. The molecular formula is C33H46N4O2. The van der Waals surface area contributed by atoms with Crippen LogP contribution in [0.2, 0.25) is 0 Å². The smallest absolute Gasteiger partial charge is 0.342 e. The minimum absolute atomic E-state index is 0.0440. The van der Waals surface area contributed by atoms with Crippen molar-refractivity contribution in [3.05, 3.63) is 40.6 Å². The zero-order chi connectivity index (χ0) is 27.5. The topological polar surface area (TPSA) is 69.4 Å². The Morgan fingerprint density at radius 2 is 1.97 bits per heavy atom. The fraction of sp³-hybridized carbons (Fsp3) is 0.697. The number of pyridine rings is 1. The van der Waals surface area contributed by atoms with Gasteiger partial charge in [-0.25, -0.2) is 4.79 Å². The van der Waals surface area contributed by atoms with Gasteiger partial charge in [0.2, 0.25) is 0 Å². The van der Waals surface area contributed by atoms with Crippen molar-refractivity contribution in [2.45, 2.75) is 92.9 Å². The third-order valence-corrected chi connectivity index (χ3v) is 11.4. The minimum atomic E-state index is -0.352. The number of carbonyl (C=O) groups excluding carboxylic acids is 1. The summed E-state index contributed by atoms with van der Waals surface area (Å²) >= 11 is 0. The van der Waals surface area contributed by atoms with Gasteiger partial charge in [-0.15, -0.1) is 5.10 Å². The van der Waals surface area contributed by atoms with Crippen LogP contribution in [0.25, 0.3) is 11.7 Å². The molecule has 0 bridgehead atoms. The molecule has 6 rings (SSSR count). The van der Waals surface area contributed by atoms with Gasteiger partial charge in [-0.1, -0.05) is 66.0 Å². The normalized spacial score (nSPS) is 33.8. The van der Waals surface area contributed by atoms with Gasteiger partial charge in [0.05, 0.1) is 12.3 Å². The van der Waals surface area contributed by atoms with Crippen LogP contribution >= 0.6 is 0 Å². The lowest BCUT2D eigenvalue weighted by molar-refractivity contribution is -0.0227. The van der Waals surface area contributed by atoms with E-state index in [1.54, 1.807) is 4.52 Å². The van der Waals surface area contributed by atoms with Crippen LogP contribution in [0.5, 0.6) is 0 Å². The molecule has 2 saturated carbocycles. The Bertz CT molecular complexity index is 1320. The number of aromatic nitrogens is 4. The van der Waals surface area contributed by atoms with Crippen molar-refractivity contribution < 1.29 is 9.53 Å². The molecule has 210 valence electrons. The van der Waals surface area contributed by atoms with Gasteiger partial charge >= 0.3 is 5.97 Å². The Kier molecular flexibility index (Phi) is 6.74.